The van der Waals surface area contributed by atoms with E-state index in [1.54, 1.807) is 6.20 Å². The Morgan fingerprint density at radius 1 is 1.61 bits per heavy atom. The van der Waals surface area contributed by atoms with Gasteiger partial charge in [-0.1, -0.05) is 0 Å². The fourth-order valence-electron chi connectivity index (χ4n) is 2.31. The summed E-state index contributed by atoms with van der Waals surface area (Å²) in [4.78, 5) is 24.0. The van der Waals surface area contributed by atoms with E-state index in [1.807, 2.05) is 30.0 Å². The highest BCUT2D eigenvalue weighted by Gasteiger charge is 2.30. The van der Waals surface area contributed by atoms with E-state index in [0.29, 0.717) is 6.54 Å². The molecule has 1 amide bonds. The summed E-state index contributed by atoms with van der Waals surface area (Å²) in [6, 6.07) is 1.88. The van der Waals surface area contributed by atoms with E-state index in [0.717, 1.165) is 25.1 Å². The molecule has 2 rings (SSSR count). The van der Waals surface area contributed by atoms with Gasteiger partial charge in [-0.2, -0.15) is 0 Å². The lowest BCUT2D eigenvalue weighted by Crippen LogP contribution is -2.37. The van der Waals surface area contributed by atoms with Crippen LogP contribution in [-0.4, -0.2) is 52.9 Å². The molecule has 0 aromatic carbocycles. The second-order valence-electron chi connectivity index (χ2n) is 4.82. The zero-order chi connectivity index (χ0) is 13.1. The average Bonchev–Trinajstić information content (AvgIpc) is 2.76. The third-order valence-electron chi connectivity index (χ3n) is 3.06. The second-order valence-corrected chi connectivity index (χ2v) is 4.82. The summed E-state index contributed by atoms with van der Waals surface area (Å²) in [6.07, 6.45) is 3.59. The summed E-state index contributed by atoms with van der Waals surface area (Å²) in [6.45, 7) is 1.22. The number of amides is 1. The molecule has 0 saturated carbocycles. The summed E-state index contributed by atoms with van der Waals surface area (Å²) < 4.78 is 0. The van der Waals surface area contributed by atoms with Crippen LogP contribution >= 0.6 is 0 Å². The van der Waals surface area contributed by atoms with Crippen LogP contribution in [0.5, 0.6) is 0 Å². The molecule has 0 bridgehead atoms. The van der Waals surface area contributed by atoms with Gasteiger partial charge in [-0.3, -0.25) is 4.79 Å². The van der Waals surface area contributed by atoms with Crippen molar-refractivity contribution in [3.8, 4) is 0 Å². The molecule has 2 heterocycles. The second kappa shape index (κ2) is 5.30. The van der Waals surface area contributed by atoms with Gasteiger partial charge in [-0.05, 0) is 33.0 Å². The van der Waals surface area contributed by atoms with Gasteiger partial charge in [0.05, 0.1) is 18.3 Å². The van der Waals surface area contributed by atoms with E-state index >= 15 is 0 Å². The Morgan fingerprint density at radius 2 is 2.39 bits per heavy atom. The van der Waals surface area contributed by atoms with Crippen molar-refractivity contribution in [2.24, 2.45) is 0 Å². The molecule has 6 heteroatoms. The fraction of sp³-hybridized carbons (Fsp3) is 0.583. The Balaban J connectivity index is 2.14. The minimum Gasteiger partial charge on any atom is -0.368 e. The molecule has 1 aliphatic heterocycles. The molecule has 18 heavy (non-hydrogen) atoms. The molecule has 98 valence electrons. The number of rotatable bonds is 3. The Hall–Kier alpha value is -1.69. The number of likely N-dealkylation sites (tertiary alicyclic amines) is 1. The predicted octanol–water partition coefficient (Wildman–Crippen LogP) is 0.284. The van der Waals surface area contributed by atoms with Crippen LogP contribution in [0.1, 0.15) is 24.6 Å². The molecule has 1 aromatic heterocycles. The lowest BCUT2D eigenvalue weighted by atomic mass is 10.1. The Labute approximate surface area is 107 Å². The normalized spacial score (nSPS) is 19.5. The number of nitrogen functional groups attached to an aromatic ring is 1. The molecule has 0 aliphatic carbocycles. The number of hydrogen-bond donors (Lipinski definition) is 1. The van der Waals surface area contributed by atoms with Crippen molar-refractivity contribution in [3.63, 3.8) is 0 Å². The Kier molecular flexibility index (Phi) is 3.76. The van der Waals surface area contributed by atoms with E-state index in [4.69, 9.17) is 5.73 Å². The monoisotopic (exact) mass is 249 g/mol. The number of carbonyl (C=O) groups excluding carboxylic acids is 1. The summed E-state index contributed by atoms with van der Waals surface area (Å²) >= 11 is 0. The molecule has 6 nitrogen and oxygen atoms in total. The number of hydrogen-bond acceptors (Lipinski definition) is 5. The first kappa shape index (κ1) is 12.8. The summed E-state index contributed by atoms with van der Waals surface area (Å²) in [5.74, 6) is 0.402. The van der Waals surface area contributed by atoms with Crippen LogP contribution in [0.25, 0.3) is 0 Å². The van der Waals surface area contributed by atoms with Crippen molar-refractivity contribution in [3.05, 3.63) is 18.0 Å². The van der Waals surface area contributed by atoms with Crippen LogP contribution in [-0.2, 0) is 4.79 Å². The van der Waals surface area contributed by atoms with Gasteiger partial charge in [0.15, 0.2) is 0 Å². The van der Waals surface area contributed by atoms with E-state index in [-0.39, 0.29) is 17.9 Å². The number of nitrogens with zero attached hydrogens (tertiary/aromatic N) is 4. The Morgan fingerprint density at radius 3 is 3.06 bits per heavy atom. The van der Waals surface area contributed by atoms with Crippen molar-refractivity contribution >= 4 is 11.9 Å². The van der Waals surface area contributed by atoms with Crippen LogP contribution in [0.3, 0.4) is 0 Å². The summed E-state index contributed by atoms with van der Waals surface area (Å²) in [7, 11) is 3.79. The van der Waals surface area contributed by atoms with E-state index in [2.05, 4.69) is 9.97 Å². The first-order chi connectivity index (χ1) is 8.58. The van der Waals surface area contributed by atoms with Crippen molar-refractivity contribution < 1.29 is 4.79 Å². The number of carbonyl (C=O) groups is 1. The van der Waals surface area contributed by atoms with Crippen LogP contribution in [0.4, 0.5) is 5.95 Å². The smallest absolute Gasteiger partial charge is 0.237 e. The third-order valence-corrected chi connectivity index (χ3v) is 3.06. The van der Waals surface area contributed by atoms with Crippen LogP contribution in [0, 0.1) is 0 Å². The molecule has 1 aromatic rings. The average molecular weight is 249 g/mol. The molecule has 1 saturated heterocycles. The number of aromatic nitrogens is 2. The lowest BCUT2D eigenvalue weighted by molar-refractivity contribution is -0.132. The Bertz CT molecular complexity index is 434. The van der Waals surface area contributed by atoms with Gasteiger partial charge < -0.3 is 15.5 Å². The van der Waals surface area contributed by atoms with Gasteiger partial charge in [-0.25, -0.2) is 9.97 Å². The molecule has 2 N–H and O–H groups in total. The molecule has 1 atom stereocenters. The first-order valence-electron chi connectivity index (χ1n) is 6.10. The number of anilines is 1. The van der Waals surface area contributed by atoms with Crippen LogP contribution in [0.2, 0.25) is 0 Å². The van der Waals surface area contributed by atoms with Crippen molar-refractivity contribution in [2.75, 3.05) is 32.9 Å². The van der Waals surface area contributed by atoms with Gasteiger partial charge in [0.1, 0.15) is 0 Å². The van der Waals surface area contributed by atoms with Crippen LogP contribution in [0.15, 0.2) is 12.3 Å². The first-order valence-corrected chi connectivity index (χ1v) is 6.10. The fourth-order valence-corrected chi connectivity index (χ4v) is 2.31. The van der Waals surface area contributed by atoms with Gasteiger partial charge in [-0.15, -0.1) is 0 Å². The van der Waals surface area contributed by atoms with Gasteiger partial charge in [0.25, 0.3) is 0 Å². The SMILES string of the molecule is CN(C)CC(=O)N1CCCC1c1ccnc(N)n1. The molecule has 1 fully saturated rings. The molecular weight excluding hydrogens is 230 g/mol. The maximum atomic E-state index is 12.1. The maximum absolute atomic E-state index is 12.1. The predicted molar refractivity (Wildman–Crippen MR) is 68.7 cm³/mol. The van der Waals surface area contributed by atoms with E-state index < -0.39 is 0 Å². The highest BCUT2D eigenvalue weighted by Crippen LogP contribution is 2.30. The molecule has 0 radical (unpaired) electrons. The summed E-state index contributed by atoms with van der Waals surface area (Å²) in [5.41, 5.74) is 6.43. The minimum absolute atomic E-state index is 0.0442. The van der Waals surface area contributed by atoms with E-state index in [9.17, 15) is 4.79 Å². The molecule has 0 spiro atoms. The zero-order valence-electron chi connectivity index (χ0n) is 10.8. The highest BCUT2D eigenvalue weighted by molar-refractivity contribution is 5.79. The van der Waals surface area contributed by atoms with E-state index in [1.165, 1.54) is 0 Å². The topological polar surface area (TPSA) is 75.4 Å². The highest BCUT2D eigenvalue weighted by atomic mass is 16.2. The summed E-state index contributed by atoms with van der Waals surface area (Å²) in [5, 5.41) is 0. The number of likely N-dealkylation sites (N-methyl/N-ethyl adjacent to an activating group) is 1. The number of nitrogens with two attached hydrogens (primary N) is 1. The third kappa shape index (κ3) is 2.76. The molecule has 1 unspecified atom stereocenters. The van der Waals surface area contributed by atoms with Crippen molar-refractivity contribution in [1.29, 1.82) is 0 Å². The molecule has 1 aliphatic rings. The minimum atomic E-state index is 0.0442. The quantitative estimate of drug-likeness (QED) is 0.833. The van der Waals surface area contributed by atoms with Crippen molar-refractivity contribution in [2.45, 2.75) is 18.9 Å². The maximum Gasteiger partial charge on any atom is 0.237 e. The van der Waals surface area contributed by atoms with Gasteiger partial charge in [0.2, 0.25) is 11.9 Å². The van der Waals surface area contributed by atoms with Crippen molar-refractivity contribution in [1.82, 2.24) is 19.8 Å². The lowest BCUT2D eigenvalue weighted by Gasteiger charge is -2.25. The molecular formula is C12H19N5O. The van der Waals surface area contributed by atoms with Gasteiger partial charge in [0, 0.05) is 12.7 Å². The van der Waals surface area contributed by atoms with Crippen LogP contribution < -0.4 is 5.73 Å². The van der Waals surface area contributed by atoms with Gasteiger partial charge >= 0.3 is 0 Å². The largest absolute Gasteiger partial charge is 0.368 e. The zero-order valence-corrected chi connectivity index (χ0v) is 10.8. The standard InChI is InChI=1S/C12H19N5O/c1-16(2)8-11(18)17-7-3-4-10(17)9-5-6-14-12(13)15-9/h5-6,10H,3-4,7-8H2,1-2H3,(H2,13,14,15).